The van der Waals surface area contributed by atoms with E-state index in [-0.39, 0.29) is 6.54 Å². The van der Waals surface area contributed by atoms with Gasteiger partial charge in [-0.2, -0.15) is 13.9 Å². The highest BCUT2D eigenvalue weighted by Gasteiger charge is 2.49. The highest BCUT2D eigenvalue weighted by molar-refractivity contribution is 7.18. The van der Waals surface area contributed by atoms with E-state index in [1.807, 2.05) is 24.3 Å². The van der Waals surface area contributed by atoms with Crippen LogP contribution in [0.2, 0.25) is 0 Å². The summed E-state index contributed by atoms with van der Waals surface area (Å²) in [6.07, 6.45) is 4.13. The number of aromatic nitrogens is 5. The van der Waals surface area contributed by atoms with Crippen LogP contribution in [0, 0.1) is 0 Å². The number of rotatable bonds is 3. The van der Waals surface area contributed by atoms with Crippen molar-refractivity contribution in [1.29, 1.82) is 0 Å². The maximum absolute atomic E-state index is 15.1. The molecule has 29 heavy (non-hydrogen) atoms. The van der Waals surface area contributed by atoms with Crippen molar-refractivity contribution in [2.45, 2.75) is 18.4 Å². The lowest BCUT2D eigenvalue weighted by Crippen LogP contribution is -2.47. The van der Waals surface area contributed by atoms with E-state index in [2.05, 4.69) is 20.1 Å². The van der Waals surface area contributed by atoms with Crippen molar-refractivity contribution in [3.05, 3.63) is 64.9 Å². The number of hydrogen-bond donors (Lipinski definition) is 1. The van der Waals surface area contributed by atoms with E-state index in [4.69, 9.17) is 0 Å². The maximum Gasteiger partial charge on any atom is 0.353 e. The summed E-state index contributed by atoms with van der Waals surface area (Å²) in [5.41, 5.74) is 1.73. The first-order valence-corrected chi connectivity index (χ1v) is 9.82. The maximum atomic E-state index is 15.1. The van der Waals surface area contributed by atoms with Crippen molar-refractivity contribution in [3.8, 4) is 0 Å². The Morgan fingerprint density at radius 2 is 2.17 bits per heavy atom. The molecule has 0 unspecified atom stereocenters. The fourth-order valence-electron chi connectivity index (χ4n) is 3.64. The second kappa shape index (κ2) is 6.45. The number of H-pyrrole nitrogens is 1. The zero-order chi connectivity index (χ0) is 20.2. The summed E-state index contributed by atoms with van der Waals surface area (Å²) in [4.78, 5) is 26.2. The number of imidazole rings is 1. The lowest BCUT2D eigenvalue weighted by atomic mass is 10.0. The van der Waals surface area contributed by atoms with Gasteiger partial charge >= 0.3 is 5.92 Å². The number of thiazole rings is 1. The number of amides is 1. The van der Waals surface area contributed by atoms with Gasteiger partial charge < -0.3 is 9.88 Å². The Morgan fingerprint density at radius 3 is 2.93 bits per heavy atom. The average Bonchev–Trinajstić information content (AvgIpc) is 3.45. The molecule has 1 aromatic carbocycles. The highest BCUT2D eigenvalue weighted by Crippen LogP contribution is 2.41. The first-order valence-electron chi connectivity index (χ1n) is 9.01. The Kier molecular flexibility index (Phi) is 3.98. The van der Waals surface area contributed by atoms with Gasteiger partial charge in [0.25, 0.3) is 5.91 Å². The zero-order valence-corrected chi connectivity index (χ0v) is 16.2. The molecule has 7 nitrogen and oxygen atoms in total. The molecule has 0 saturated heterocycles. The molecule has 1 aliphatic rings. The summed E-state index contributed by atoms with van der Waals surface area (Å²) in [5, 5.41) is 4.35. The topological polar surface area (TPSA) is 79.7 Å². The number of aryl methyl sites for hydroxylation is 1. The third-order valence-electron chi connectivity index (χ3n) is 5.07. The van der Waals surface area contributed by atoms with Crippen LogP contribution in [-0.2, 0) is 24.2 Å². The van der Waals surface area contributed by atoms with Gasteiger partial charge in [-0.3, -0.25) is 9.48 Å². The average molecular weight is 414 g/mol. The Balaban J connectivity index is 1.60. The lowest BCUT2D eigenvalue weighted by molar-refractivity contribution is -0.161. The number of halogens is 2. The second-order valence-electron chi connectivity index (χ2n) is 6.91. The molecule has 1 aliphatic heterocycles. The van der Waals surface area contributed by atoms with Crippen molar-refractivity contribution >= 4 is 27.5 Å². The van der Waals surface area contributed by atoms with E-state index in [0.717, 1.165) is 28.3 Å². The Hall–Kier alpha value is -3.14. The molecule has 0 fully saturated rings. The zero-order valence-electron chi connectivity index (χ0n) is 15.3. The Morgan fingerprint density at radius 1 is 1.34 bits per heavy atom. The fraction of sp³-hybridized carbons (Fsp3) is 0.263. The van der Waals surface area contributed by atoms with Crippen LogP contribution in [0.1, 0.15) is 28.0 Å². The van der Waals surface area contributed by atoms with E-state index < -0.39 is 23.4 Å². The molecule has 1 atom stereocenters. The van der Waals surface area contributed by atoms with Gasteiger partial charge in [0.05, 0.1) is 34.0 Å². The van der Waals surface area contributed by atoms with Crippen LogP contribution in [0.25, 0.3) is 10.2 Å². The van der Waals surface area contributed by atoms with Crippen molar-refractivity contribution in [2.24, 2.45) is 7.05 Å². The van der Waals surface area contributed by atoms with E-state index in [1.165, 1.54) is 34.3 Å². The molecule has 1 amide bonds. The van der Waals surface area contributed by atoms with E-state index in [1.54, 1.807) is 0 Å². The number of alkyl halides is 2. The summed E-state index contributed by atoms with van der Waals surface area (Å²) in [7, 11) is 1.53. The van der Waals surface area contributed by atoms with Gasteiger partial charge in [0.2, 0.25) is 0 Å². The second-order valence-corrected chi connectivity index (χ2v) is 7.98. The summed E-state index contributed by atoms with van der Waals surface area (Å²) in [6.45, 7) is 0.143. The predicted molar refractivity (Wildman–Crippen MR) is 103 cm³/mol. The predicted octanol–water partition coefficient (Wildman–Crippen LogP) is 3.02. The number of carbonyl (C=O) groups excluding carboxylic acids is 1. The molecule has 0 saturated carbocycles. The molecule has 148 valence electrons. The molecule has 3 aromatic heterocycles. The number of aromatic amines is 1. The summed E-state index contributed by atoms with van der Waals surface area (Å²) < 4.78 is 32.3. The normalized spacial score (nSPS) is 16.9. The van der Waals surface area contributed by atoms with Crippen molar-refractivity contribution in [3.63, 3.8) is 0 Å². The molecule has 1 N–H and O–H groups in total. The minimum Gasteiger partial charge on any atom is -0.348 e. The molecule has 0 radical (unpaired) electrons. The van der Waals surface area contributed by atoms with Gasteiger partial charge in [-0.1, -0.05) is 12.1 Å². The van der Waals surface area contributed by atoms with Crippen LogP contribution in [0.3, 0.4) is 0 Å². The number of para-hydroxylation sites is 1. The van der Waals surface area contributed by atoms with Gasteiger partial charge in [-0.15, -0.1) is 11.3 Å². The fourth-order valence-corrected chi connectivity index (χ4v) is 4.72. The third kappa shape index (κ3) is 2.82. The first kappa shape index (κ1) is 17.9. The molecule has 0 bridgehead atoms. The van der Waals surface area contributed by atoms with Gasteiger partial charge in [0, 0.05) is 31.9 Å². The summed E-state index contributed by atoms with van der Waals surface area (Å²) >= 11 is 1.38. The third-order valence-corrected chi connectivity index (χ3v) is 6.16. The smallest absolute Gasteiger partial charge is 0.348 e. The van der Waals surface area contributed by atoms with Crippen molar-refractivity contribution in [2.75, 3.05) is 6.54 Å². The summed E-state index contributed by atoms with van der Waals surface area (Å²) in [6, 6.07) is 6.77. The van der Waals surface area contributed by atoms with Crippen LogP contribution < -0.4 is 0 Å². The number of nitrogens with zero attached hydrogens (tertiary/aromatic N) is 5. The molecule has 4 heterocycles. The molecular weight excluding hydrogens is 398 g/mol. The van der Waals surface area contributed by atoms with Crippen LogP contribution in [0.5, 0.6) is 0 Å². The molecule has 0 aliphatic carbocycles. The largest absolute Gasteiger partial charge is 0.353 e. The van der Waals surface area contributed by atoms with Gasteiger partial charge in [-0.05, 0) is 12.1 Å². The van der Waals surface area contributed by atoms with Crippen LogP contribution >= 0.6 is 11.3 Å². The number of fused-ring (bicyclic) bond motifs is 2. The molecule has 0 spiro atoms. The van der Waals surface area contributed by atoms with Crippen LogP contribution in [0.4, 0.5) is 8.78 Å². The molecule has 4 aromatic rings. The minimum absolute atomic E-state index is 0.143. The van der Waals surface area contributed by atoms with Gasteiger partial charge in [-0.25, -0.2) is 9.97 Å². The van der Waals surface area contributed by atoms with Gasteiger partial charge in [0.1, 0.15) is 11.0 Å². The highest BCUT2D eigenvalue weighted by atomic mass is 32.1. The van der Waals surface area contributed by atoms with E-state index in [0.29, 0.717) is 17.1 Å². The Bertz CT molecular complexity index is 1180. The van der Waals surface area contributed by atoms with E-state index >= 15 is 8.78 Å². The Labute approximate surface area is 168 Å². The van der Waals surface area contributed by atoms with Crippen LogP contribution in [-0.4, -0.2) is 42.1 Å². The quantitative estimate of drug-likeness (QED) is 0.559. The number of benzene rings is 1. The SMILES string of the molecule is Cn1cc(C(F)(F)C(=O)N2CCc3[nH]cnc3[C@H]2c2nc3ccccc3s2)cn1. The van der Waals surface area contributed by atoms with E-state index in [9.17, 15) is 4.79 Å². The number of hydrogen-bond acceptors (Lipinski definition) is 5. The number of carbonyl (C=O) groups is 1. The standard InChI is InChI=1S/C19H16F2N6OS/c1-26-9-11(8-24-26)19(20,21)18(28)27-7-6-13-15(23-10-22-13)16(27)17-25-12-4-2-3-5-14(12)29-17/h2-5,8-10,16H,6-7H2,1H3,(H,22,23)/t16-/m0/s1. The van der Waals surface area contributed by atoms with Crippen molar-refractivity contribution < 1.29 is 13.6 Å². The van der Waals surface area contributed by atoms with Gasteiger partial charge in [0.15, 0.2) is 0 Å². The molecular formula is C19H16F2N6OS. The van der Waals surface area contributed by atoms with Crippen LogP contribution in [0.15, 0.2) is 43.0 Å². The number of nitrogens with one attached hydrogen (secondary N) is 1. The monoisotopic (exact) mass is 414 g/mol. The lowest BCUT2D eigenvalue weighted by Gasteiger charge is -2.35. The first-order chi connectivity index (χ1) is 13.9. The molecule has 5 rings (SSSR count). The molecule has 10 heteroatoms. The minimum atomic E-state index is -3.70. The summed E-state index contributed by atoms with van der Waals surface area (Å²) in [5.74, 6) is -4.97. The van der Waals surface area contributed by atoms with Crippen molar-refractivity contribution in [1.82, 2.24) is 29.6 Å².